The fraction of sp³-hybridized carbons (Fsp3) is 0.600. The standard InChI is InChI=1S/C27H39NO5S.C23H27NO4S/c1-25(2,3)13-12-19-16-20(22(34-19)23(29)30)28-21(18-10-8-7-9-11-18)17-33-27(6,24(28)31)15-14-26(4,5)32;1-14-7-9-16(10-8-14)20-13-18(21(29-20)23(27)28)24-17(11-12-19(25)22(24)26)15-5-3-2-4-6-15/h16,18,21,32H,7-11,14-15,17H2,1-6H3,(H,29,30);7-10,13,15,17,19,25H,2-6,11-12H2,1H3,(H,27,28)/t21-,27-;/m0./s1. The number of aryl methyl sites for hydroxylation is 1. The molecule has 2 aliphatic carbocycles. The molecule has 0 bridgehead atoms. The molecular formula is C50H66N2O9S2. The zero-order valence-corrected chi connectivity index (χ0v) is 39.6. The van der Waals surface area contributed by atoms with Crippen LogP contribution in [0.25, 0.3) is 10.4 Å². The summed E-state index contributed by atoms with van der Waals surface area (Å²) < 4.78 is 6.22. The van der Waals surface area contributed by atoms with Crippen LogP contribution in [0.5, 0.6) is 0 Å². The van der Waals surface area contributed by atoms with Crippen LogP contribution in [0.15, 0.2) is 36.4 Å². The first-order valence-corrected chi connectivity index (χ1v) is 24.3. The Labute approximate surface area is 380 Å². The number of carboxylic acids is 2. The summed E-state index contributed by atoms with van der Waals surface area (Å²) in [5.41, 5.74) is 0.667. The third-order valence-electron chi connectivity index (χ3n) is 13.0. The lowest BCUT2D eigenvalue weighted by Gasteiger charge is -2.48. The maximum atomic E-state index is 14.0. The number of carbonyl (C=O) groups excluding carboxylic acids is 2. The first kappa shape index (κ1) is 48.4. The van der Waals surface area contributed by atoms with E-state index in [9.17, 15) is 39.6 Å². The van der Waals surface area contributed by atoms with Gasteiger partial charge in [0.05, 0.1) is 34.5 Å². The molecule has 0 spiro atoms. The van der Waals surface area contributed by atoms with E-state index in [-0.39, 0.29) is 45.0 Å². The van der Waals surface area contributed by atoms with Crippen LogP contribution in [0.2, 0.25) is 0 Å². The Hall–Kier alpha value is -4.06. The van der Waals surface area contributed by atoms with Crippen LogP contribution in [-0.4, -0.2) is 80.2 Å². The van der Waals surface area contributed by atoms with Crippen LogP contribution in [0.3, 0.4) is 0 Å². The van der Waals surface area contributed by atoms with E-state index in [1.807, 2.05) is 58.0 Å². The summed E-state index contributed by atoms with van der Waals surface area (Å²) in [7, 11) is 0. The third kappa shape index (κ3) is 11.8. The molecule has 4 aliphatic rings. The summed E-state index contributed by atoms with van der Waals surface area (Å²) in [4.78, 5) is 56.5. The number of piperidine rings is 1. The van der Waals surface area contributed by atoms with E-state index >= 15 is 0 Å². The van der Waals surface area contributed by atoms with Crippen molar-refractivity contribution < 1.29 is 44.3 Å². The average molecular weight is 903 g/mol. The van der Waals surface area contributed by atoms with Crippen LogP contribution in [-0.2, 0) is 14.3 Å². The lowest BCUT2D eigenvalue weighted by atomic mass is 9.79. The van der Waals surface area contributed by atoms with Gasteiger partial charge in [-0.05, 0) is 129 Å². The predicted molar refractivity (Wildman–Crippen MR) is 250 cm³/mol. The van der Waals surface area contributed by atoms with E-state index in [1.165, 1.54) is 24.2 Å². The van der Waals surface area contributed by atoms with Crippen molar-refractivity contribution in [2.24, 2.45) is 17.3 Å². The van der Waals surface area contributed by atoms with Crippen molar-refractivity contribution in [2.45, 2.75) is 168 Å². The maximum absolute atomic E-state index is 14.0. The highest BCUT2D eigenvalue weighted by Crippen LogP contribution is 2.44. The fourth-order valence-corrected chi connectivity index (χ4v) is 11.3. The molecule has 1 aromatic carbocycles. The number of hydrogen-bond acceptors (Lipinski definition) is 9. The highest BCUT2D eigenvalue weighted by Gasteiger charge is 2.49. The number of hydrogen-bond donors (Lipinski definition) is 4. The zero-order chi connectivity index (χ0) is 45.9. The molecule has 4 atom stereocenters. The number of nitrogens with zero attached hydrogens (tertiary/aromatic N) is 2. The summed E-state index contributed by atoms with van der Waals surface area (Å²) in [5, 5.41) is 40.4. The van der Waals surface area contributed by atoms with Crippen molar-refractivity contribution in [2.75, 3.05) is 16.4 Å². The number of ether oxygens (including phenoxy) is 1. The second-order valence-corrected chi connectivity index (χ2v) is 22.0. The van der Waals surface area contributed by atoms with E-state index in [4.69, 9.17) is 4.74 Å². The number of morpholine rings is 1. The van der Waals surface area contributed by atoms with E-state index in [1.54, 1.807) is 36.6 Å². The minimum absolute atomic E-state index is 0.0373. The van der Waals surface area contributed by atoms with Gasteiger partial charge in [-0.15, -0.1) is 22.7 Å². The SMILES string of the molecule is CC(C)(C)C#Cc1cc(N2C(=O)[C@](C)(CCC(C)(C)O)OC[C@H]2C2CCCCC2)c(C(=O)O)s1.Cc1ccc(-c2cc(N3C(=O)C(O)CCC3C3CCCCC3)c(C(=O)O)s2)cc1. The van der Waals surface area contributed by atoms with E-state index in [0.717, 1.165) is 78.7 Å². The molecule has 2 saturated heterocycles. The molecule has 4 N–H and O–H groups in total. The minimum Gasteiger partial charge on any atom is -0.477 e. The molecule has 0 radical (unpaired) electrons. The molecule has 4 heterocycles. The normalized spacial score (nSPS) is 24.0. The van der Waals surface area contributed by atoms with Crippen LogP contribution in [0.4, 0.5) is 11.4 Å². The van der Waals surface area contributed by atoms with Crippen molar-refractivity contribution in [3.05, 3.63) is 56.6 Å². The summed E-state index contributed by atoms with van der Waals surface area (Å²) >= 11 is 2.32. The zero-order valence-electron chi connectivity index (χ0n) is 38.0. The number of aliphatic hydroxyl groups is 2. The number of rotatable bonds is 10. The van der Waals surface area contributed by atoms with Gasteiger partial charge in [0, 0.05) is 16.3 Å². The predicted octanol–water partition coefficient (Wildman–Crippen LogP) is 10.3. The van der Waals surface area contributed by atoms with Gasteiger partial charge in [-0.2, -0.15) is 0 Å². The molecule has 2 unspecified atom stereocenters. The van der Waals surface area contributed by atoms with Gasteiger partial charge in [0.1, 0.15) is 21.5 Å². The van der Waals surface area contributed by atoms with Gasteiger partial charge in [0.25, 0.3) is 11.8 Å². The minimum atomic E-state index is -1.12. The van der Waals surface area contributed by atoms with Crippen molar-refractivity contribution in [3.63, 3.8) is 0 Å². The van der Waals surface area contributed by atoms with Crippen molar-refractivity contribution in [3.8, 4) is 22.3 Å². The molecule has 11 nitrogen and oxygen atoms in total. The Morgan fingerprint density at radius 3 is 1.90 bits per heavy atom. The molecule has 63 heavy (non-hydrogen) atoms. The highest BCUT2D eigenvalue weighted by atomic mass is 32.1. The van der Waals surface area contributed by atoms with Crippen molar-refractivity contribution in [1.29, 1.82) is 0 Å². The summed E-state index contributed by atoms with van der Waals surface area (Å²) in [6, 6.07) is 11.3. The first-order valence-electron chi connectivity index (χ1n) is 22.7. The number of carboxylic acid groups (broad SMARTS) is 2. The number of anilines is 2. The topological polar surface area (TPSA) is 165 Å². The van der Waals surface area contributed by atoms with E-state index in [2.05, 4.69) is 11.8 Å². The molecule has 4 fully saturated rings. The van der Waals surface area contributed by atoms with Gasteiger partial charge in [-0.25, -0.2) is 9.59 Å². The molecule has 2 amide bonds. The van der Waals surface area contributed by atoms with Crippen LogP contribution >= 0.6 is 22.7 Å². The second kappa shape index (κ2) is 20.0. The van der Waals surface area contributed by atoms with Crippen LogP contribution in [0, 0.1) is 36.0 Å². The first-order chi connectivity index (χ1) is 29.7. The molecule has 7 rings (SSSR count). The van der Waals surface area contributed by atoms with Crippen molar-refractivity contribution >= 4 is 57.8 Å². The quantitative estimate of drug-likeness (QED) is 0.145. The van der Waals surface area contributed by atoms with Gasteiger partial charge in [-0.3, -0.25) is 9.59 Å². The number of thiophene rings is 2. The average Bonchev–Trinajstić information content (AvgIpc) is 3.88. The largest absolute Gasteiger partial charge is 0.477 e. The third-order valence-corrected chi connectivity index (χ3v) is 15.2. The smallest absolute Gasteiger partial charge is 0.348 e. The molecule has 13 heteroatoms. The Balaban J connectivity index is 0.000000212. The van der Waals surface area contributed by atoms with Gasteiger partial charge in [0.15, 0.2) is 0 Å². The summed E-state index contributed by atoms with van der Waals surface area (Å²) in [6.45, 7) is 13.6. The molecule has 342 valence electrons. The van der Waals surface area contributed by atoms with Gasteiger partial charge >= 0.3 is 11.9 Å². The highest BCUT2D eigenvalue weighted by molar-refractivity contribution is 7.18. The Morgan fingerprint density at radius 1 is 0.794 bits per heavy atom. The number of amides is 2. The summed E-state index contributed by atoms with van der Waals surface area (Å²) in [5.74, 6) is 4.25. The number of carbonyl (C=O) groups is 4. The summed E-state index contributed by atoms with van der Waals surface area (Å²) in [6.07, 6.45) is 11.9. The van der Waals surface area contributed by atoms with Gasteiger partial charge in [0.2, 0.25) is 0 Å². The molecule has 2 aliphatic heterocycles. The Morgan fingerprint density at radius 2 is 1.35 bits per heavy atom. The van der Waals surface area contributed by atoms with Gasteiger partial charge < -0.3 is 35.0 Å². The Bertz CT molecular complexity index is 2170. The molecule has 3 aromatic rings. The van der Waals surface area contributed by atoms with Crippen molar-refractivity contribution in [1.82, 2.24) is 0 Å². The van der Waals surface area contributed by atoms with Crippen LogP contribution < -0.4 is 9.80 Å². The van der Waals surface area contributed by atoms with E-state index < -0.39 is 29.2 Å². The second-order valence-electron chi connectivity index (χ2n) is 19.9. The number of aromatic carboxylic acids is 2. The fourth-order valence-electron chi connectivity index (χ4n) is 9.45. The lowest BCUT2D eigenvalue weighted by molar-refractivity contribution is -0.155. The number of benzene rings is 1. The lowest BCUT2D eigenvalue weighted by Crippen LogP contribution is -2.62. The van der Waals surface area contributed by atoms with Gasteiger partial charge in [-0.1, -0.05) is 80.2 Å². The molecule has 2 saturated carbocycles. The number of aliphatic hydroxyl groups excluding tert-OH is 1. The van der Waals surface area contributed by atoms with E-state index in [0.29, 0.717) is 54.5 Å². The molecular weight excluding hydrogens is 837 g/mol. The maximum Gasteiger partial charge on any atom is 0.348 e. The monoisotopic (exact) mass is 902 g/mol. The van der Waals surface area contributed by atoms with Crippen LogP contribution in [0.1, 0.15) is 161 Å². The molecule has 2 aromatic heterocycles. The Kier molecular flexibility index (Phi) is 15.4.